The smallest absolute Gasteiger partial charge is 0.462 e. The van der Waals surface area contributed by atoms with Crippen molar-refractivity contribution in [3.8, 4) is 0 Å². The minimum atomic E-state index is -4.96. The van der Waals surface area contributed by atoms with Gasteiger partial charge in [0, 0.05) is 25.7 Å². The Morgan fingerprint density at radius 2 is 0.471 bits per heavy atom. The summed E-state index contributed by atoms with van der Waals surface area (Å²) in [7, 11) is -9.93. The third-order valence-electron chi connectivity index (χ3n) is 19.7. The van der Waals surface area contributed by atoms with Crippen LogP contribution in [0, 0.1) is 23.7 Å². The summed E-state index contributed by atoms with van der Waals surface area (Å²) in [6.07, 6.45) is 59.7. The molecule has 0 spiro atoms. The summed E-state index contributed by atoms with van der Waals surface area (Å²) >= 11 is 0. The number of carbonyl (C=O) groups is 4. The molecular formula is C83H162O17P2. The number of aliphatic hydroxyl groups is 1. The first-order valence-electron chi connectivity index (χ1n) is 42.7. The van der Waals surface area contributed by atoms with E-state index in [4.69, 9.17) is 37.0 Å². The molecule has 0 aliphatic carbocycles. The van der Waals surface area contributed by atoms with Gasteiger partial charge in [0.05, 0.1) is 26.4 Å². The molecule has 3 N–H and O–H groups in total. The third-order valence-corrected chi connectivity index (χ3v) is 21.6. The van der Waals surface area contributed by atoms with Crippen molar-refractivity contribution in [3.63, 3.8) is 0 Å². The average Bonchev–Trinajstić information content (AvgIpc) is 0.920. The number of unbranched alkanes of at least 4 members (excludes halogenated alkanes) is 45. The van der Waals surface area contributed by atoms with E-state index >= 15 is 0 Å². The number of phosphoric ester groups is 2. The molecule has 0 aromatic carbocycles. The molecule has 0 amide bonds. The van der Waals surface area contributed by atoms with E-state index in [1.54, 1.807) is 0 Å². The molecule has 0 saturated heterocycles. The first kappa shape index (κ1) is 100. The Kier molecular flexibility index (Phi) is 70.6. The molecule has 0 heterocycles. The van der Waals surface area contributed by atoms with Gasteiger partial charge in [0.15, 0.2) is 12.2 Å². The van der Waals surface area contributed by atoms with Gasteiger partial charge in [-0.2, -0.15) is 0 Å². The molecule has 102 heavy (non-hydrogen) atoms. The van der Waals surface area contributed by atoms with Crippen LogP contribution < -0.4 is 0 Å². The summed E-state index contributed by atoms with van der Waals surface area (Å²) in [4.78, 5) is 73.1. The van der Waals surface area contributed by atoms with Crippen molar-refractivity contribution in [2.75, 3.05) is 39.6 Å². The monoisotopic (exact) mass is 1490 g/mol. The van der Waals surface area contributed by atoms with Gasteiger partial charge in [-0.1, -0.05) is 376 Å². The minimum Gasteiger partial charge on any atom is -0.462 e. The lowest BCUT2D eigenvalue weighted by Crippen LogP contribution is -2.30. The third kappa shape index (κ3) is 74.9. The molecule has 0 aliphatic rings. The molecule has 0 aromatic heterocycles. The van der Waals surface area contributed by atoms with Crippen LogP contribution in [-0.4, -0.2) is 96.7 Å². The number of hydrogen-bond acceptors (Lipinski definition) is 15. The Morgan fingerprint density at radius 1 is 0.275 bits per heavy atom. The predicted molar refractivity (Wildman–Crippen MR) is 418 cm³/mol. The number of phosphoric acid groups is 2. The van der Waals surface area contributed by atoms with E-state index in [-0.39, 0.29) is 25.7 Å². The van der Waals surface area contributed by atoms with Crippen molar-refractivity contribution in [2.45, 2.75) is 446 Å². The van der Waals surface area contributed by atoms with Gasteiger partial charge in [0.2, 0.25) is 0 Å². The first-order valence-corrected chi connectivity index (χ1v) is 45.7. The second kappa shape index (κ2) is 72.0. The van der Waals surface area contributed by atoms with Gasteiger partial charge in [-0.05, 0) is 49.4 Å². The van der Waals surface area contributed by atoms with Gasteiger partial charge in [-0.3, -0.25) is 37.3 Å². The van der Waals surface area contributed by atoms with Crippen LogP contribution >= 0.6 is 15.6 Å². The Bertz CT molecular complexity index is 1990. The van der Waals surface area contributed by atoms with E-state index in [1.807, 2.05) is 0 Å². The zero-order chi connectivity index (χ0) is 75.3. The highest BCUT2D eigenvalue weighted by Gasteiger charge is 2.30. The van der Waals surface area contributed by atoms with E-state index < -0.39 is 97.5 Å². The molecule has 3 unspecified atom stereocenters. The number of rotatable bonds is 80. The van der Waals surface area contributed by atoms with Crippen molar-refractivity contribution in [1.82, 2.24) is 0 Å². The fraction of sp³-hybridized carbons (Fsp3) is 0.952. The van der Waals surface area contributed by atoms with Gasteiger partial charge >= 0.3 is 39.5 Å². The van der Waals surface area contributed by atoms with Gasteiger partial charge in [-0.25, -0.2) is 9.13 Å². The maximum atomic E-state index is 13.1. The zero-order valence-electron chi connectivity index (χ0n) is 67.2. The van der Waals surface area contributed by atoms with Gasteiger partial charge < -0.3 is 33.8 Å². The van der Waals surface area contributed by atoms with Crippen molar-refractivity contribution < 1.29 is 80.2 Å². The summed E-state index contributed by atoms with van der Waals surface area (Å²) in [6.45, 7) is 14.3. The van der Waals surface area contributed by atoms with Crippen LogP contribution in [0.3, 0.4) is 0 Å². The predicted octanol–water partition coefficient (Wildman–Crippen LogP) is 24.8. The molecule has 0 aromatic rings. The minimum absolute atomic E-state index is 0.107. The second-order valence-corrected chi connectivity index (χ2v) is 34.4. The maximum Gasteiger partial charge on any atom is 0.472 e. The number of aliphatic hydroxyl groups excluding tert-OH is 1. The lowest BCUT2D eigenvalue weighted by atomic mass is 10.00. The lowest BCUT2D eigenvalue weighted by Gasteiger charge is -2.21. The van der Waals surface area contributed by atoms with Crippen LogP contribution in [-0.2, 0) is 65.4 Å². The summed E-state index contributed by atoms with van der Waals surface area (Å²) in [5.41, 5.74) is 0. The SMILES string of the molecule is CCC(C)CCCCCCCCC(=O)OC[C@H](COP(=O)(O)OC[C@H](O)COP(=O)(O)OC[C@@H](COC(=O)CCCCCCCCCCCCCCCCCC(C)C)OC(=O)CCCCCCCCCCCCCCC(C)C)OC(=O)CCCCCCCCCCCCCCCCCCC(C)C. The Morgan fingerprint density at radius 3 is 0.696 bits per heavy atom. The number of hydrogen-bond donors (Lipinski definition) is 3. The van der Waals surface area contributed by atoms with Gasteiger partial charge in [-0.15, -0.1) is 0 Å². The molecule has 0 saturated carbocycles. The molecule has 0 bridgehead atoms. The normalized spacial score (nSPS) is 14.3. The molecule has 0 fully saturated rings. The van der Waals surface area contributed by atoms with Crippen LogP contribution in [0.2, 0.25) is 0 Å². The van der Waals surface area contributed by atoms with E-state index in [2.05, 4.69) is 55.4 Å². The summed E-state index contributed by atoms with van der Waals surface area (Å²) in [5, 5.41) is 10.7. The van der Waals surface area contributed by atoms with Crippen LogP contribution in [0.25, 0.3) is 0 Å². The van der Waals surface area contributed by atoms with Gasteiger partial charge in [0.25, 0.3) is 0 Å². The number of esters is 4. The number of ether oxygens (including phenoxy) is 4. The fourth-order valence-electron chi connectivity index (χ4n) is 12.8. The van der Waals surface area contributed by atoms with E-state index in [0.717, 1.165) is 120 Å². The molecule has 606 valence electrons. The van der Waals surface area contributed by atoms with Crippen LogP contribution in [0.5, 0.6) is 0 Å². The van der Waals surface area contributed by atoms with Crippen LogP contribution in [0.15, 0.2) is 0 Å². The molecule has 6 atom stereocenters. The van der Waals surface area contributed by atoms with E-state index in [9.17, 15) is 43.2 Å². The fourth-order valence-corrected chi connectivity index (χ4v) is 14.3. The van der Waals surface area contributed by atoms with Crippen LogP contribution in [0.4, 0.5) is 0 Å². The topological polar surface area (TPSA) is 237 Å². The highest BCUT2D eigenvalue weighted by molar-refractivity contribution is 7.47. The zero-order valence-corrected chi connectivity index (χ0v) is 69.0. The average molecular weight is 1490 g/mol. The first-order chi connectivity index (χ1) is 49.1. The second-order valence-electron chi connectivity index (χ2n) is 31.5. The molecule has 19 heteroatoms. The van der Waals surface area contributed by atoms with E-state index in [0.29, 0.717) is 25.7 Å². The van der Waals surface area contributed by atoms with Crippen LogP contribution in [0.1, 0.15) is 428 Å². The Labute approximate surface area is 626 Å². The van der Waals surface area contributed by atoms with Crippen molar-refractivity contribution in [2.24, 2.45) is 23.7 Å². The molecule has 0 radical (unpaired) electrons. The Balaban J connectivity index is 5.23. The van der Waals surface area contributed by atoms with Crippen molar-refractivity contribution >= 4 is 39.5 Å². The Hall–Kier alpha value is -1.94. The molecule has 0 rings (SSSR count). The summed E-state index contributed by atoms with van der Waals surface area (Å²) in [6, 6.07) is 0. The molecule has 17 nitrogen and oxygen atoms in total. The lowest BCUT2D eigenvalue weighted by molar-refractivity contribution is -0.161. The summed E-state index contributed by atoms with van der Waals surface area (Å²) in [5.74, 6) is 1.01. The maximum absolute atomic E-state index is 13.1. The highest BCUT2D eigenvalue weighted by atomic mass is 31.2. The molecule has 0 aliphatic heterocycles. The summed E-state index contributed by atoms with van der Waals surface area (Å²) < 4.78 is 68.8. The van der Waals surface area contributed by atoms with Crippen molar-refractivity contribution in [3.05, 3.63) is 0 Å². The van der Waals surface area contributed by atoms with E-state index in [1.165, 1.54) is 225 Å². The quantitative estimate of drug-likeness (QED) is 0.0222. The van der Waals surface area contributed by atoms with Crippen molar-refractivity contribution in [1.29, 1.82) is 0 Å². The largest absolute Gasteiger partial charge is 0.472 e. The van der Waals surface area contributed by atoms with Gasteiger partial charge in [0.1, 0.15) is 19.3 Å². The number of carbonyl (C=O) groups excluding carboxylic acids is 4. The molecular weight excluding hydrogens is 1330 g/mol. The standard InChI is InChI=1S/C83H162O17P2/c1-9-76(8)62-54-46-41-42-48-56-64-81(86)94-70-79(100-83(88)65-57-49-39-33-27-20-15-11-10-13-17-23-29-35-43-51-59-73(2)3)72-98-102(91,92)96-68-77(84)67-95-101(89,90)97-71-78(99-82(87)66-58-50-40-34-28-22-21-25-31-37-45-53-61-75(6)7)69-93-80(85)63-55-47-38-32-26-19-16-12-14-18-24-30-36-44-52-60-74(4)5/h73-79,84H,9-72H2,1-8H3,(H,89,90)(H,91,92)/t76?,77-,78-,79-/m1/s1. The highest BCUT2D eigenvalue weighted by Crippen LogP contribution is 2.45.